The van der Waals surface area contributed by atoms with Gasteiger partial charge in [-0.15, -0.1) is 0 Å². The van der Waals surface area contributed by atoms with Gasteiger partial charge in [0, 0.05) is 43.7 Å². The van der Waals surface area contributed by atoms with Crippen molar-refractivity contribution >= 4 is 23.4 Å². The van der Waals surface area contributed by atoms with E-state index in [0.717, 1.165) is 55.6 Å². The van der Waals surface area contributed by atoms with Crippen molar-refractivity contribution in [3.8, 4) is 0 Å². The predicted molar refractivity (Wildman–Crippen MR) is 164 cm³/mol. The molecule has 6 heteroatoms. The van der Waals surface area contributed by atoms with Crippen LogP contribution in [-0.4, -0.2) is 54.8 Å². The van der Waals surface area contributed by atoms with E-state index in [-0.39, 0.29) is 23.3 Å². The van der Waals surface area contributed by atoms with Crippen molar-refractivity contribution in [3.05, 3.63) is 106 Å². The molecule has 5 nitrogen and oxygen atoms in total. The van der Waals surface area contributed by atoms with E-state index in [4.69, 9.17) is 11.6 Å². The maximum atomic E-state index is 13.2. The molecule has 40 heavy (non-hydrogen) atoms. The lowest BCUT2D eigenvalue weighted by atomic mass is 9.75. The summed E-state index contributed by atoms with van der Waals surface area (Å²) < 4.78 is 0. The molecule has 0 saturated carbocycles. The first-order valence-corrected chi connectivity index (χ1v) is 14.7. The van der Waals surface area contributed by atoms with Crippen LogP contribution in [0.25, 0.3) is 0 Å². The Morgan fingerprint density at radius 2 is 1.73 bits per heavy atom. The van der Waals surface area contributed by atoms with Crippen molar-refractivity contribution in [3.63, 3.8) is 0 Å². The van der Waals surface area contributed by atoms with Crippen molar-refractivity contribution in [2.75, 3.05) is 33.2 Å². The fourth-order valence-electron chi connectivity index (χ4n) is 6.05. The second-order valence-corrected chi connectivity index (χ2v) is 11.7. The number of piperidine rings is 1. The summed E-state index contributed by atoms with van der Waals surface area (Å²) in [7, 11) is 1.88. The van der Waals surface area contributed by atoms with E-state index in [2.05, 4.69) is 54.4 Å². The van der Waals surface area contributed by atoms with E-state index >= 15 is 0 Å². The molecular weight excluding hydrogens is 518 g/mol. The summed E-state index contributed by atoms with van der Waals surface area (Å²) in [5.74, 6) is 0.260. The second-order valence-electron chi connectivity index (χ2n) is 11.5. The summed E-state index contributed by atoms with van der Waals surface area (Å²) in [6.45, 7) is 9.54. The van der Waals surface area contributed by atoms with Crippen LogP contribution in [-0.2, 0) is 16.8 Å². The monoisotopic (exact) mass is 559 g/mol. The zero-order valence-electron chi connectivity index (χ0n) is 24.3. The molecule has 212 valence electrons. The number of nitrogens with zero attached hydrogens (tertiary/aromatic N) is 2. The Balaban J connectivity index is 1.49. The van der Waals surface area contributed by atoms with Crippen LogP contribution in [0.5, 0.6) is 0 Å². The summed E-state index contributed by atoms with van der Waals surface area (Å²) in [6, 6.07) is 17.8. The predicted octanol–water partition coefficient (Wildman–Crippen LogP) is 6.46. The van der Waals surface area contributed by atoms with Gasteiger partial charge >= 0.3 is 0 Å². The third-order valence-corrected chi connectivity index (χ3v) is 8.61. The number of allylic oxidation sites excluding steroid dienone is 4. The number of amides is 2. The van der Waals surface area contributed by atoms with E-state index in [1.54, 1.807) is 5.54 Å². The minimum absolute atomic E-state index is 0.0197. The molecule has 2 amide bonds. The largest absolute Gasteiger partial charge is 0.346 e. The second kappa shape index (κ2) is 13.5. The molecule has 0 aliphatic carbocycles. The molecule has 2 aromatic rings. The quantitative estimate of drug-likeness (QED) is 0.359. The Bertz CT molecular complexity index is 1290. The number of carbonyl (C=O) groups excluding carboxylic acids is 2. The van der Waals surface area contributed by atoms with E-state index in [9.17, 15) is 9.59 Å². The average molecular weight is 560 g/mol. The molecule has 2 aliphatic heterocycles. The Labute approximate surface area is 244 Å². The smallest absolute Gasteiger partial charge is 0.253 e. The standard InChI is InChI=1S/C34H42ClN3O2/c1-25(2)14-15-30(26(3)23-35)29(24-37(4)33(40)27-10-6-5-7-11-27)16-19-38-20-17-34(18-21-38)31-13-9-8-12-28(31)22-32(39)36-34/h5-15,23,29H,16-22,24H2,1-4H3,(H,36,39)/b26-23+,30-15+. The fourth-order valence-corrected chi connectivity index (χ4v) is 6.18. The zero-order valence-corrected chi connectivity index (χ0v) is 25.0. The highest BCUT2D eigenvalue weighted by molar-refractivity contribution is 6.25. The maximum absolute atomic E-state index is 13.2. The number of rotatable bonds is 9. The number of halogens is 1. The maximum Gasteiger partial charge on any atom is 0.253 e. The summed E-state index contributed by atoms with van der Waals surface area (Å²) in [6.07, 6.45) is 7.44. The first kappa shape index (κ1) is 29.8. The summed E-state index contributed by atoms with van der Waals surface area (Å²) >= 11 is 6.24. The Morgan fingerprint density at radius 3 is 2.40 bits per heavy atom. The highest BCUT2D eigenvalue weighted by Crippen LogP contribution is 2.38. The van der Waals surface area contributed by atoms with Crippen molar-refractivity contribution in [2.24, 2.45) is 5.92 Å². The Kier molecular flexibility index (Phi) is 10.0. The molecule has 1 saturated heterocycles. The van der Waals surface area contributed by atoms with Crippen LogP contribution in [0, 0.1) is 5.92 Å². The molecule has 1 unspecified atom stereocenters. The molecule has 0 radical (unpaired) electrons. The van der Waals surface area contributed by atoms with Crippen LogP contribution < -0.4 is 5.32 Å². The van der Waals surface area contributed by atoms with Gasteiger partial charge in [-0.3, -0.25) is 9.59 Å². The first-order valence-electron chi connectivity index (χ1n) is 14.3. The molecule has 2 aliphatic rings. The van der Waals surface area contributed by atoms with Crippen molar-refractivity contribution in [2.45, 2.75) is 52.0 Å². The molecular formula is C34H42ClN3O2. The van der Waals surface area contributed by atoms with Gasteiger partial charge < -0.3 is 15.1 Å². The van der Waals surface area contributed by atoms with Gasteiger partial charge in [0.1, 0.15) is 0 Å². The SMILES string of the molecule is CC(C)=C/C=C(\C(C)=C\Cl)C(CCN1CCC2(CC1)NC(=O)Cc1ccccc12)CN(C)C(=O)c1ccccc1. The molecule has 0 bridgehead atoms. The molecule has 2 aromatic carbocycles. The summed E-state index contributed by atoms with van der Waals surface area (Å²) in [5.41, 5.74) is 7.89. The molecule has 1 spiro atoms. The lowest BCUT2D eigenvalue weighted by Crippen LogP contribution is -2.56. The van der Waals surface area contributed by atoms with Gasteiger partial charge in [0.05, 0.1) is 12.0 Å². The van der Waals surface area contributed by atoms with Gasteiger partial charge in [0.15, 0.2) is 0 Å². The lowest BCUT2D eigenvalue weighted by Gasteiger charge is -2.46. The van der Waals surface area contributed by atoms with Crippen LogP contribution >= 0.6 is 11.6 Å². The highest BCUT2D eigenvalue weighted by Gasteiger charge is 2.41. The molecule has 1 N–H and O–H groups in total. The molecule has 4 rings (SSSR count). The van der Waals surface area contributed by atoms with Crippen LogP contribution in [0.2, 0.25) is 0 Å². The van der Waals surface area contributed by atoms with Crippen LogP contribution in [0.1, 0.15) is 61.5 Å². The van der Waals surface area contributed by atoms with Gasteiger partial charge in [0.2, 0.25) is 5.91 Å². The number of nitrogens with one attached hydrogen (secondary N) is 1. The van der Waals surface area contributed by atoms with Gasteiger partial charge in [0.25, 0.3) is 5.91 Å². The fraction of sp³-hybridized carbons (Fsp3) is 0.412. The van der Waals surface area contributed by atoms with E-state index in [0.29, 0.717) is 18.5 Å². The number of benzene rings is 2. The minimum atomic E-state index is -0.267. The summed E-state index contributed by atoms with van der Waals surface area (Å²) in [5, 5.41) is 3.35. The Morgan fingerprint density at radius 1 is 1.05 bits per heavy atom. The zero-order chi connectivity index (χ0) is 28.7. The molecule has 2 heterocycles. The first-order chi connectivity index (χ1) is 19.2. The third-order valence-electron chi connectivity index (χ3n) is 8.28. The molecule has 1 atom stereocenters. The number of hydrogen-bond acceptors (Lipinski definition) is 3. The van der Waals surface area contributed by atoms with Gasteiger partial charge in [-0.05, 0) is 81.0 Å². The normalized spacial score (nSPS) is 18.1. The lowest BCUT2D eigenvalue weighted by molar-refractivity contribution is -0.124. The van der Waals surface area contributed by atoms with Crippen molar-refractivity contribution in [1.29, 1.82) is 0 Å². The van der Waals surface area contributed by atoms with Gasteiger partial charge in [-0.2, -0.15) is 0 Å². The van der Waals surface area contributed by atoms with Crippen molar-refractivity contribution in [1.82, 2.24) is 15.1 Å². The topological polar surface area (TPSA) is 52.7 Å². The van der Waals surface area contributed by atoms with Crippen molar-refractivity contribution < 1.29 is 9.59 Å². The number of carbonyl (C=O) groups is 2. The van der Waals surface area contributed by atoms with E-state index < -0.39 is 0 Å². The summed E-state index contributed by atoms with van der Waals surface area (Å²) in [4.78, 5) is 30.1. The van der Waals surface area contributed by atoms with E-state index in [1.165, 1.54) is 11.1 Å². The van der Waals surface area contributed by atoms with Crippen LogP contribution in [0.15, 0.2) is 89.0 Å². The number of likely N-dealkylation sites (tertiary alicyclic amines) is 1. The highest BCUT2D eigenvalue weighted by atomic mass is 35.5. The van der Waals surface area contributed by atoms with Crippen LogP contribution in [0.3, 0.4) is 0 Å². The molecule has 0 aromatic heterocycles. The van der Waals surface area contributed by atoms with Crippen LogP contribution in [0.4, 0.5) is 0 Å². The number of hydrogen-bond donors (Lipinski definition) is 1. The van der Waals surface area contributed by atoms with E-state index in [1.807, 2.05) is 55.3 Å². The third kappa shape index (κ3) is 7.13. The Hall–Kier alpha value is -3.15. The van der Waals surface area contributed by atoms with Gasteiger partial charge in [-0.25, -0.2) is 0 Å². The number of fused-ring (bicyclic) bond motifs is 2. The average Bonchev–Trinajstić information content (AvgIpc) is 2.96. The minimum Gasteiger partial charge on any atom is -0.346 e. The molecule has 1 fully saturated rings. The van der Waals surface area contributed by atoms with Gasteiger partial charge in [-0.1, -0.05) is 71.8 Å².